The van der Waals surface area contributed by atoms with E-state index in [0.717, 1.165) is 36.6 Å². The minimum atomic E-state index is -0.564. The van der Waals surface area contributed by atoms with Crippen molar-refractivity contribution < 1.29 is 9.59 Å². The zero-order valence-electron chi connectivity index (χ0n) is 17.8. The maximum atomic E-state index is 13.2. The van der Waals surface area contributed by atoms with E-state index in [1.807, 2.05) is 58.2 Å². The van der Waals surface area contributed by atoms with Crippen LogP contribution in [0.2, 0.25) is 0 Å². The van der Waals surface area contributed by atoms with Crippen molar-refractivity contribution in [1.82, 2.24) is 19.8 Å². The second kappa shape index (κ2) is 8.29. The van der Waals surface area contributed by atoms with Crippen molar-refractivity contribution in [1.29, 1.82) is 0 Å². The number of nitrogens with zero attached hydrogens (tertiary/aromatic N) is 4. The van der Waals surface area contributed by atoms with Gasteiger partial charge in [-0.3, -0.25) is 9.59 Å². The number of hydrogen-bond donors (Lipinski definition) is 1. The number of imidazole rings is 1. The third kappa shape index (κ3) is 4.45. The third-order valence-electron chi connectivity index (χ3n) is 5.01. The fraction of sp³-hybridized carbons (Fsp3) is 0.455. The highest BCUT2D eigenvalue weighted by molar-refractivity contribution is 6.42. The summed E-state index contributed by atoms with van der Waals surface area (Å²) in [4.78, 5) is 36.6. The molecule has 3 rings (SSSR count). The van der Waals surface area contributed by atoms with Crippen molar-refractivity contribution in [3.05, 3.63) is 41.7 Å². The van der Waals surface area contributed by atoms with E-state index in [1.165, 1.54) is 0 Å². The van der Waals surface area contributed by atoms with Crippen LogP contribution in [0.3, 0.4) is 0 Å². The molecule has 29 heavy (non-hydrogen) atoms. The minimum absolute atomic E-state index is 0.204. The molecule has 0 saturated carbocycles. The van der Waals surface area contributed by atoms with E-state index >= 15 is 0 Å². The maximum Gasteiger partial charge on any atom is 0.297 e. The number of fused-ring (bicyclic) bond motifs is 1. The van der Waals surface area contributed by atoms with Crippen molar-refractivity contribution in [2.45, 2.75) is 40.3 Å². The van der Waals surface area contributed by atoms with Crippen LogP contribution in [-0.2, 0) is 17.9 Å². The molecular formula is C22H29N5O2. The normalized spacial score (nSPS) is 15.6. The number of aromatic nitrogens is 2. The van der Waals surface area contributed by atoms with Crippen molar-refractivity contribution in [3.8, 4) is 11.4 Å². The van der Waals surface area contributed by atoms with Gasteiger partial charge in [0, 0.05) is 31.1 Å². The average Bonchev–Trinajstić information content (AvgIpc) is 2.92. The van der Waals surface area contributed by atoms with E-state index in [4.69, 9.17) is 4.98 Å². The van der Waals surface area contributed by atoms with Gasteiger partial charge in [-0.2, -0.15) is 0 Å². The summed E-state index contributed by atoms with van der Waals surface area (Å²) in [6.07, 6.45) is 0.974. The lowest BCUT2D eigenvalue weighted by atomic mass is 9.89. The van der Waals surface area contributed by atoms with Crippen LogP contribution in [0.1, 0.15) is 43.4 Å². The van der Waals surface area contributed by atoms with E-state index in [2.05, 4.69) is 19.8 Å². The Kier molecular flexibility index (Phi) is 5.98. The monoisotopic (exact) mass is 395 g/mol. The molecule has 1 aromatic carbocycles. The van der Waals surface area contributed by atoms with Crippen LogP contribution < -0.4 is 5.32 Å². The van der Waals surface area contributed by atoms with Crippen molar-refractivity contribution in [2.75, 3.05) is 20.6 Å². The number of aliphatic imine (C=N–C) groups is 1. The number of carbonyl (C=O) groups is 2. The lowest BCUT2D eigenvalue weighted by Gasteiger charge is -2.19. The zero-order chi connectivity index (χ0) is 21.2. The summed E-state index contributed by atoms with van der Waals surface area (Å²) in [7, 11) is 3.58. The SMILES string of the molecule is CNC(=O)C(=NC(=O)c1nc(-c2ccccc2)n2c1CN(C)CCC2)C(C)(C)C. The lowest BCUT2D eigenvalue weighted by molar-refractivity contribution is -0.114. The van der Waals surface area contributed by atoms with Crippen LogP contribution in [0.15, 0.2) is 35.3 Å². The summed E-state index contributed by atoms with van der Waals surface area (Å²) in [6.45, 7) is 7.94. The zero-order valence-corrected chi connectivity index (χ0v) is 17.8. The highest BCUT2D eigenvalue weighted by atomic mass is 16.2. The topological polar surface area (TPSA) is 79.6 Å². The molecule has 7 nitrogen and oxygen atoms in total. The molecule has 0 spiro atoms. The highest BCUT2D eigenvalue weighted by Crippen LogP contribution is 2.27. The predicted octanol–water partition coefficient (Wildman–Crippen LogP) is 2.76. The van der Waals surface area contributed by atoms with E-state index in [9.17, 15) is 9.59 Å². The quantitative estimate of drug-likeness (QED) is 0.811. The summed E-state index contributed by atoms with van der Waals surface area (Å²) in [5.74, 6) is -0.0528. The molecule has 0 unspecified atom stereocenters. The summed E-state index contributed by atoms with van der Waals surface area (Å²) in [5, 5.41) is 2.58. The Hall–Kier alpha value is -2.80. The molecular weight excluding hydrogens is 366 g/mol. The van der Waals surface area contributed by atoms with Crippen LogP contribution in [0, 0.1) is 5.41 Å². The molecule has 0 bridgehead atoms. The van der Waals surface area contributed by atoms with E-state index in [1.54, 1.807) is 7.05 Å². The molecule has 1 aromatic heterocycles. The van der Waals surface area contributed by atoms with Crippen LogP contribution in [-0.4, -0.2) is 52.6 Å². The number of hydrogen-bond acceptors (Lipinski definition) is 4. The van der Waals surface area contributed by atoms with Crippen LogP contribution >= 0.6 is 0 Å². The molecule has 0 fully saturated rings. The molecule has 1 aliphatic rings. The van der Waals surface area contributed by atoms with Gasteiger partial charge >= 0.3 is 0 Å². The van der Waals surface area contributed by atoms with Gasteiger partial charge < -0.3 is 14.8 Å². The van der Waals surface area contributed by atoms with Gasteiger partial charge in [-0.1, -0.05) is 51.1 Å². The summed E-state index contributed by atoms with van der Waals surface area (Å²) in [6, 6.07) is 9.87. The largest absolute Gasteiger partial charge is 0.354 e. The first-order valence-electron chi connectivity index (χ1n) is 9.91. The first kappa shape index (κ1) is 20.9. The predicted molar refractivity (Wildman–Crippen MR) is 114 cm³/mol. The third-order valence-corrected chi connectivity index (χ3v) is 5.01. The summed E-state index contributed by atoms with van der Waals surface area (Å²) < 4.78 is 2.12. The van der Waals surface area contributed by atoms with Gasteiger partial charge in [-0.05, 0) is 20.0 Å². The molecule has 0 saturated heterocycles. The van der Waals surface area contributed by atoms with Crippen molar-refractivity contribution in [2.24, 2.45) is 10.4 Å². The second-order valence-electron chi connectivity index (χ2n) is 8.43. The number of rotatable bonds is 3. The fourth-order valence-corrected chi connectivity index (χ4v) is 3.53. The molecule has 2 amide bonds. The Morgan fingerprint density at radius 3 is 2.45 bits per heavy atom. The highest BCUT2D eigenvalue weighted by Gasteiger charge is 2.30. The Bertz CT molecular complexity index is 938. The summed E-state index contributed by atoms with van der Waals surface area (Å²) >= 11 is 0. The molecule has 2 aromatic rings. The van der Waals surface area contributed by atoms with Gasteiger partial charge in [-0.15, -0.1) is 0 Å². The molecule has 1 N–H and O–H groups in total. The molecule has 7 heteroatoms. The first-order valence-corrected chi connectivity index (χ1v) is 9.91. The standard InChI is InChI=1S/C22H29N5O2/c1-22(2,3)18(21(29)23-4)25-20(28)17-16-14-26(5)12-9-13-27(16)19(24-17)15-10-7-6-8-11-15/h6-8,10-11H,9,12-14H2,1-5H3,(H,23,29). The Morgan fingerprint density at radius 2 is 1.83 bits per heavy atom. The molecule has 2 heterocycles. The number of benzene rings is 1. The van der Waals surface area contributed by atoms with Gasteiger partial charge in [0.25, 0.3) is 11.8 Å². The smallest absolute Gasteiger partial charge is 0.297 e. The van der Waals surface area contributed by atoms with Gasteiger partial charge in [0.1, 0.15) is 11.5 Å². The molecule has 0 atom stereocenters. The van der Waals surface area contributed by atoms with Gasteiger partial charge in [0.15, 0.2) is 5.69 Å². The molecule has 154 valence electrons. The van der Waals surface area contributed by atoms with Gasteiger partial charge in [0.2, 0.25) is 0 Å². The Labute approximate surface area is 171 Å². The van der Waals surface area contributed by atoms with E-state index < -0.39 is 11.3 Å². The Balaban J connectivity index is 2.14. The Morgan fingerprint density at radius 1 is 1.14 bits per heavy atom. The van der Waals surface area contributed by atoms with Crippen LogP contribution in [0.4, 0.5) is 0 Å². The van der Waals surface area contributed by atoms with Crippen molar-refractivity contribution in [3.63, 3.8) is 0 Å². The maximum absolute atomic E-state index is 13.2. The average molecular weight is 396 g/mol. The molecule has 0 radical (unpaired) electrons. The lowest BCUT2D eigenvalue weighted by Crippen LogP contribution is -2.37. The number of nitrogens with one attached hydrogen (secondary N) is 1. The van der Waals surface area contributed by atoms with Crippen LogP contribution in [0.25, 0.3) is 11.4 Å². The first-order chi connectivity index (χ1) is 13.7. The van der Waals surface area contributed by atoms with Gasteiger partial charge in [-0.25, -0.2) is 9.98 Å². The van der Waals surface area contributed by atoms with Gasteiger partial charge in [0.05, 0.1) is 5.69 Å². The second-order valence-corrected chi connectivity index (χ2v) is 8.43. The molecule has 1 aliphatic heterocycles. The van der Waals surface area contributed by atoms with Crippen LogP contribution in [0.5, 0.6) is 0 Å². The van der Waals surface area contributed by atoms with E-state index in [-0.39, 0.29) is 11.6 Å². The minimum Gasteiger partial charge on any atom is -0.354 e. The van der Waals surface area contributed by atoms with E-state index in [0.29, 0.717) is 12.2 Å². The fourth-order valence-electron chi connectivity index (χ4n) is 3.53. The number of carbonyl (C=O) groups excluding carboxylic acids is 2. The van der Waals surface area contributed by atoms with Crippen molar-refractivity contribution >= 4 is 17.5 Å². The number of amides is 2. The molecule has 0 aliphatic carbocycles. The summed E-state index contributed by atoms with van der Waals surface area (Å²) in [5.41, 5.74) is 1.77.